The van der Waals surface area contributed by atoms with E-state index in [1.165, 1.54) is 6.08 Å². The summed E-state index contributed by atoms with van der Waals surface area (Å²) < 4.78 is 42.6. The first kappa shape index (κ1) is 22.3. The number of alkyl halides is 1. The Morgan fingerprint density at radius 1 is 1.25 bits per heavy atom. The number of Topliss-reactive ketones (excluding diaryl/α,β-unsaturated/α-hetero) is 1. The second-order valence-corrected chi connectivity index (χ2v) is 11.1. The molecule has 0 aromatic heterocycles. The molecule has 1 aliphatic heterocycles. The van der Waals surface area contributed by atoms with E-state index >= 15 is 4.39 Å². The average molecular weight is 452 g/mol. The second kappa shape index (κ2) is 6.56. The van der Waals surface area contributed by atoms with Gasteiger partial charge in [-0.3, -0.25) is 9.59 Å². The van der Waals surface area contributed by atoms with Crippen LogP contribution in [-0.2, 0) is 19.1 Å². The van der Waals surface area contributed by atoms with Gasteiger partial charge in [-0.2, -0.15) is 0 Å². The molecule has 5 aliphatic rings. The fourth-order valence-corrected chi connectivity index (χ4v) is 8.15. The highest BCUT2D eigenvalue weighted by atomic mass is 19.1. The number of ether oxygens (including phenoxy) is 2. The topological polar surface area (TPSA) is 93.1 Å². The normalized spacial score (nSPS) is 51.2. The number of hydrogen-bond acceptors (Lipinski definition) is 6. The van der Waals surface area contributed by atoms with Crippen molar-refractivity contribution >= 4 is 11.6 Å². The number of allylic oxidation sites excluding steroid dienone is 4. The van der Waals surface area contributed by atoms with Gasteiger partial charge < -0.3 is 19.7 Å². The summed E-state index contributed by atoms with van der Waals surface area (Å²) >= 11 is 0. The number of carbonyl (C=O) groups is 2. The van der Waals surface area contributed by atoms with Gasteiger partial charge in [-0.1, -0.05) is 19.9 Å². The van der Waals surface area contributed by atoms with E-state index in [0.717, 1.165) is 6.08 Å². The SMILES string of the molecule is CC1(C)O[C@@H]2C[C@H]3[C@@H]4C[C@H](F)C5=C(F)C(=O)C=C[C@]5(C)[C@H]4[C@@H](O)C[C@]3(C)[C@]2(C(=O)CO)O1. The van der Waals surface area contributed by atoms with E-state index in [0.29, 0.717) is 6.42 Å². The van der Waals surface area contributed by atoms with Crippen molar-refractivity contribution in [1.29, 1.82) is 0 Å². The Labute approximate surface area is 185 Å². The van der Waals surface area contributed by atoms with Crippen molar-refractivity contribution in [3.63, 3.8) is 0 Å². The Hall–Kier alpha value is -1.48. The van der Waals surface area contributed by atoms with Crippen LogP contribution in [0.2, 0.25) is 0 Å². The highest BCUT2D eigenvalue weighted by Crippen LogP contribution is 2.70. The monoisotopic (exact) mass is 452 g/mol. The van der Waals surface area contributed by atoms with E-state index in [-0.39, 0.29) is 30.3 Å². The first-order valence-corrected chi connectivity index (χ1v) is 11.3. The fraction of sp³-hybridized carbons (Fsp3) is 0.750. The molecule has 1 heterocycles. The lowest BCUT2D eigenvalue weighted by Gasteiger charge is -2.60. The summed E-state index contributed by atoms with van der Waals surface area (Å²) in [6.07, 6.45) is -0.132. The Bertz CT molecular complexity index is 958. The second-order valence-electron chi connectivity index (χ2n) is 11.1. The molecule has 0 bridgehead atoms. The molecule has 6 nitrogen and oxygen atoms in total. The van der Waals surface area contributed by atoms with Crippen LogP contribution >= 0.6 is 0 Å². The maximum atomic E-state index is 15.5. The van der Waals surface area contributed by atoms with Crippen molar-refractivity contribution in [2.45, 2.75) is 76.7 Å². The van der Waals surface area contributed by atoms with Gasteiger partial charge in [0.05, 0.1) is 12.2 Å². The molecular formula is C24H30F2O6. The Balaban J connectivity index is 1.63. The van der Waals surface area contributed by atoms with E-state index in [1.54, 1.807) is 20.8 Å². The van der Waals surface area contributed by atoms with Gasteiger partial charge in [0.25, 0.3) is 0 Å². The molecule has 0 aromatic rings. The Morgan fingerprint density at radius 3 is 2.59 bits per heavy atom. The van der Waals surface area contributed by atoms with Crippen molar-refractivity contribution in [1.82, 2.24) is 0 Å². The van der Waals surface area contributed by atoms with Crippen LogP contribution in [0.15, 0.2) is 23.6 Å². The Kier molecular flexibility index (Phi) is 4.57. The van der Waals surface area contributed by atoms with Crippen LogP contribution in [0, 0.1) is 28.6 Å². The minimum atomic E-state index is -1.67. The number of carbonyl (C=O) groups excluding carboxylic acids is 2. The largest absolute Gasteiger partial charge is 0.393 e. The summed E-state index contributed by atoms with van der Waals surface area (Å²) in [5.41, 5.74) is -3.68. The van der Waals surface area contributed by atoms with Crippen LogP contribution in [0.25, 0.3) is 0 Å². The molecule has 9 atom stereocenters. The summed E-state index contributed by atoms with van der Waals surface area (Å²) in [7, 11) is 0. The quantitative estimate of drug-likeness (QED) is 0.669. The molecule has 4 fully saturated rings. The number of aliphatic hydroxyl groups excluding tert-OH is 2. The molecule has 0 unspecified atom stereocenters. The summed E-state index contributed by atoms with van der Waals surface area (Å²) in [5.74, 6) is -4.62. The maximum absolute atomic E-state index is 15.5. The molecule has 176 valence electrons. The third kappa shape index (κ3) is 2.47. The molecule has 4 aliphatic carbocycles. The van der Waals surface area contributed by atoms with Crippen LogP contribution < -0.4 is 0 Å². The lowest BCUT2D eigenvalue weighted by atomic mass is 9.45. The van der Waals surface area contributed by atoms with Crippen LogP contribution in [-0.4, -0.2) is 58.2 Å². The zero-order chi connectivity index (χ0) is 23.4. The lowest BCUT2D eigenvalue weighted by molar-refractivity contribution is -0.226. The van der Waals surface area contributed by atoms with Gasteiger partial charge in [-0.15, -0.1) is 0 Å². The molecule has 3 saturated carbocycles. The van der Waals surface area contributed by atoms with Gasteiger partial charge in [-0.25, -0.2) is 8.78 Å². The highest BCUT2D eigenvalue weighted by molar-refractivity contribution is 6.04. The predicted molar refractivity (Wildman–Crippen MR) is 109 cm³/mol. The number of aliphatic hydroxyl groups is 2. The number of fused-ring (bicyclic) bond motifs is 7. The zero-order valence-electron chi connectivity index (χ0n) is 18.7. The third-order valence-electron chi connectivity index (χ3n) is 9.10. The van der Waals surface area contributed by atoms with Crippen molar-refractivity contribution in [3.05, 3.63) is 23.6 Å². The summed E-state index contributed by atoms with van der Waals surface area (Å²) in [6.45, 7) is 6.23. The number of hydrogen-bond donors (Lipinski definition) is 2. The van der Waals surface area contributed by atoms with Crippen LogP contribution in [0.1, 0.15) is 47.0 Å². The van der Waals surface area contributed by atoms with Crippen LogP contribution in [0.3, 0.4) is 0 Å². The first-order valence-electron chi connectivity index (χ1n) is 11.3. The number of rotatable bonds is 2. The van der Waals surface area contributed by atoms with Crippen molar-refractivity contribution < 1.29 is 38.1 Å². The van der Waals surface area contributed by atoms with Crippen LogP contribution in [0.5, 0.6) is 0 Å². The number of halogens is 2. The minimum Gasteiger partial charge on any atom is -0.393 e. The van der Waals surface area contributed by atoms with E-state index in [9.17, 15) is 24.2 Å². The van der Waals surface area contributed by atoms with Crippen LogP contribution in [0.4, 0.5) is 8.78 Å². The van der Waals surface area contributed by atoms with Crippen molar-refractivity contribution in [3.8, 4) is 0 Å². The molecular weight excluding hydrogens is 422 g/mol. The molecule has 0 amide bonds. The van der Waals surface area contributed by atoms with Gasteiger partial charge in [0.15, 0.2) is 23.0 Å². The van der Waals surface area contributed by atoms with Gasteiger partial charge in [-0.05, 0) is 51.0 Å². The molecule has 0 aromatic carbocycles. The molecule has 1 saturated heterocycles. The molecule has 2 N–H and O–H groups in total. The average Bonchev–Trinajstić information content (AvgIpc) is 3.10. The van der Waals surface area contributed by atoms with Gasteiger partial charge in [0.1, 0.15) is 12.8 Å². The molecule has 32 heavy (non-hydrogen) atoms. The fourth-order valence-electron chi connectivity index (χ4n) is 8.15. The zero-order valence-corrected chi connectivity index (χ0v) is 18.7. The Morgan fingerprint density at radius 2 is 1.94 bits per heavy atom. The molecule has 8 heteroatoms. The maximum Gasteiger partial charge on any atom is 0.213 e. The van der Waals surface area contributed by atoms with E-state index in [1.807, 2.05) is 6.92 Å². The smallest absolute Gasteiger partial charge is 0.213 e. The third-order valence-corrected chi connectivity index (χ3v) is 9.10. The van der Waals surface area contributed by atoms with E-state index in [2.05, 4.69) is 0 Å². The molecule has 5 rings (SSSR count). The summed E-state index contributed by atoms with van der Waals surface area (Å²) in [5, 5.41) is 21.2. The summed E-state index contributed by atoms with van der Waals surface area (Å²) in [4.78, 5) is 25.1. The number of ketones is 2. The first-order chi connectivity index (χ1) is 14.8. The van der Waals surface area contributed by atoms with Gasteiger partial charge in [0.2, 0.25) is 5.78 Å². The van der Waals surface area contributed by atoms with Gasteiger partial charge >= 0.3 is 0 Å². The molecule has 0 spiro atoms. The lowest BCUT2D eigenvalue weighted by Crippen LogP contribution is -2.64. The van der Waals surface area contributed by atoms with Crippen molar-refractivity contribution in [2.75, 3.05) is 6.61 Å². The highest BCUT2D eigenvalue weighted by Gasteiger charge is 2.77. The van der Waals surface area contributed by atoms with Crippen molar-refractivity contribution in [2.24, 2.45) is 28.6 Å². The minimum absolute atomic E-state index is 0.0546. The predicted octanol–water partition coefficient (Wildman–Crippen LogP) is 2.57. The van der Waals surface area contributed by atoms with Gasteiger partial charge in [0, 0.05) is 22.3 Å². The summed E-state index contributed by atoms with van der Waals surface area (Å²) in [6, 6.07) is 0. The van der Waals surface area contributed by atoms with E-state index < -0.39 is 70.5 Å². The standard InChI is InChI=1S/C24H30F2O6/c1-21(2)31-17-8-12-11-7-13(25)19-20(26)14(28)5-6-22(19,3)18(11)15(29)9-23(12,4)24(17,32-21)16(30)10-27/h5-6,11-13,15,17-18,27,29H,7-10H2,1-4H3/t11-,12-,13-,15-,17+,18+,22+,23-,24+/m0/s1. The molecule has 0 radical (unpaired) electrons. The van der Waals surface area contributed by atoms with E-state index in [4.69, 9.17) is 9.47 Å².